The van der Waals surface area contributed by atoms with E-state index in [2.05, 4.69) is 0 Å². The molecule has 0 aromatic carbocycles. The molecule has 0 bridgehead atoms. The third kappa shape index (κ3) is 1.60. The summed E-state index contributed by atoms with van der Waals surface area (Å²) in [5.74, 6) is 0. The van der Waals surface area contributed by atoms with Crippen LogP contribution in [0, 0.1) is 0 Å². The molecule has 0 radical (unpaired) electrons. The summed E-state index contributed by atoms with van der Waals surface area (Å²) in [7, 11) is 0. The van der Waals surface area contributed by atoms with Gasteiger partial charge in [0.05, 0.1) is 17.3 Å². The number of rotatable bonds is 3. The van der Waals surface area contributed by atoms with E-state index in [0.717, 1.165) is 30.9 Å². The molecular weight excluding hydrogens is 220 g/mol. The zero-order chi connectivity index (χ0) is 11.2. The molecule has 1 fully saturated rings. The van der Waals surface area contributed by atoms with E-state index in [1.165, 1.54) is 23.4 Å². The second-order valence-electron chi connectivity index (χ2n) is 4.88. The van der Waals surface area contributed by atoms with Crippen molar-refractivity contribution in [2.24, 2.45) is 5.73 Å². The minimum absolute atomic E-state index is 0.186. The van der Waals surface area contributed by atoms with Crippen LogP contribution in [0.1, 0.15) is 41.8 Å². The fourth-order valence-electron chi connectivity index (χ4n) is 2.68. The van der Waals surface area contributed by atoms with E-state index in [0.29, 0.717) is 6.10 Å². The van der Waals surface area contributed by atoms with Gasteiger partial charge in [-0.3, -0.25) is 0 Å². The summed E-state index contributed by atoms with van der Waals surface area (Å²) < 4.78 is 5.57. The van der Waals surface area contributed by atoms with Gasteiger partial charge in [0.2, 0.25) is 0 Å². The Morgan fingerprint density at radius 2 is 2.31 bits per heavy atom. The maximum Gasteiger partial charge on any atom is 0.113 e. The molecule has 1 heterocycles. The number of aromatic nitrogens is 1. The summed E-state index contributed by atoms with van der Waals surface area (Å²) in [6.07, 6.45) is 5.86. The highest BCUT2D eigenvalue weighted by molar-refractivity contribution is 7.12. The molecule has 0 saturated heterocycles. The molecule has 2 aliphatic rings. The normalized spacial score (nSPS) is 32.5. The number of ether oxygens (including phenoxy) is 1. The van der Waals surface area contributed by atoms with Crippen molar-refractivity contribution >= 4 is 11.3 Å². The number of nitrogens with zero attached hydrogens (tertiary/aromatic N) is 1. The van der Waals surface area contributed by atoms with Crippen LogP contribution in [-0.2, 0) is 23.1 Å². The van der Waals surface area contributed by atoms with Crippen molar-refractivity contribution in [3.8, 4) is 0 Å². The van der Waals surface area contributed by atoms with Gasteiger partial charge < -0.3 is 10.5 Å². The zero-order valence-electron chi connectivity index (χ0n) is 9.66. The van der Waals surface area contributed by atoms with Crippen molar-refractivity contribution in [2.45, 2.75) is 50.7 Å². The van der Waals surface area contributed by atoms with E-state index in [1.54, 1.807) is 0 Å². The van der Waals surface area contributed by atoms with Gasteiger partial charge in [0.25, 0.3) is 0 Å². The van der Waals surface area contributed by atoms with Gasteiger partial charge in [0, 0.05) is 11.5 Å². The maximum atomic E-state index is 6.37. The lowest BCUT2D eigenvalue weighted by atomic mass is 9.75. The fourth-order valence-corrected chi connectivity index (χ4v) is 3.96. The lowest BCUT2D eigenvalue weighted by Gasteiger charge is -2.42. The third-order valence-corrected chi connectivity index (χ3v) is 4.99. The topological polar surface area (TPSA) is 48.1 Å². The molecule has 3 rings (SSSR count). The quantitative estimate of drug-likeness (QED) is 0.876. The molecular formula is C12H18N2OS. The molecule has 3 nitrogen and oxygen atoms in total. The Labute approximate surface area is 100 Å². The molecule has 1 saturated carbocycles. The Kier molecular flexibility index (Phi) is 2.53. The van der Waals surface area contributed by atoms with Gasteiger partial charge in [-0.15, -0.1) is 11.3 Å². The van der Waals surface area contributed by atoms with Gasteiger partial charge in [-0.25, -0.2) is 4.98 Å². The Hall–Kier alpha value is -0.450. The lowest BCUT2D eigenvalue weighted by molar-refractivity contribution is -0.0393. The minimum Gasteiger partial charge on any atom is -0.378 e. The van der Waals surface area contributed by atoms with Crippen LogP contribution in [0.4, 0.5) is 0 Å². The number of aryl methyl sites for hydroxylation is 2. The molecule has 2 aliphatic carbocycles. The fraction of sp³-hybridized carbons (Fsp3) is 0.750. The van der Waals surface area contributed by atoms with Crippen molar-refractivity contribution in [3.05, 3.63) is 15.6 Å². The molecule has 0 unspecified atom stereocenters. The molecule has 4 heteroatoms. The minimum atomic E-state index is -0.186. The number of nitrogens with two attached hydrogens (primary N) is 1. The van der Waals surface area contributed by atoms with Crippen LogP contribution in [0.2, 0.25) is 0 Å². The van der Waals surface area contributed by atoms with E-state index < -0.39 is 0 Å². The average Bonchev–Trinajstić information content (AvgIpc) is 2.74. The smallest absolute Gasteiger partial charge is 0.113 e. The second kappa shape index (κ2) is 3.79. The van der Waals surface area contributed by atoms with E-state index in [-0.39, 0.29) is 5.54 Å². The van der Waals surface area contributed by atoms with Crippen molar-refractivity contribution in [1.29, 1.82) is 0 Å². The first-order chi connectivity index (χ1) is 7.71. The van der Waals surface area contributed by atoms with Crippen LogP contribution in [-0.4, -0.2) is 17.7 Å². The largest absolute Gasteiger partial charge is 0.378 e. The molecule has 0 spiro atoms. The Morgan fingerprint density at radius 1 is 1.50 bits per heavy atom. The predicted octanol–water partition coefficient (Wildman–Crippen LogP) is 1.98. The van der Waals surface area contributed by atoms with Gasteiger partial charge in [-0.1, -0.05) is 0 Å². The molecule has 0 atom stereocenters. The molecule has 0 amide bonds. The highest BCUT2D eigenvalue weighted by Crippen LogP contribution is 2.44. The first-order valence-electron chi connectivity index (χ1n) is 6.11. The van der Waals surface area contributed by atoms with Gasteiger partial charge in [-0.2, -0.15) is 0 Å². The summed E-state index contributed by atoms with van der Waals surface area (Å²) in [4.78, 5) is 6.19. The van der Waals surface area contributed by atoms with Crippen LogP contribution < -0.4 is 5.73 Å². The van der Waals surface area contributed by atoms with Gasteiger partial charge in [0.1, 0.15) is 5.01 Å². The van der Waals surface area contributed by atoms with Gasteiger partial charge >= 0.3 is 0 Å². The third-order valence-electron chi connectivity index (χ3n) is 3.61. The van der Waals surface area contributed by atoms with Crippen LogP contribution in [0.25, 0.3) is 0 Å². The van der Waals surface area contributed by atoms with Crippen LogP contribution in [0.3, 0.4) is 0 Å². The highest BCUT2D eigenvalue weighted by atomic mass is 32.1. The molecule has 1 aromatic rings. The monoisotopic (exact) mass is 238 g/mol. The maximum absolute atomic E-state index is 6.37. The Bertz CT molecular complexity index is 374. The van der Waals surface area contributed by atoms with Crippen molar-refractivity contribution < 1.29 is 4.74 Å². The van der Waals surface area contributed by atoms with E-state index >= 15 is 0 Å². The van der Waals surface area contributed by atoms with Crippen molar-refractivity contribution in [1.82, 2.24) is 4.98 Å². The van der Waals surface area contributed by atoms with E-state index in [1.807, 2.05) is 18.3 Å². The highest BCUT2D eigenvalue weighted by Gasteiger charge is 2.45. The lowest BCUT2D eigenvalue weighted by Crippen LogP contribution is -2.52. The molecule has 16 heavy (non-hydrogen) atoms. The Morgan fingerprint density at radius 3 is 3.00 bits per heavy atom. The molecule has 88 valence electrons. The number of thiazole rings is 1. The van der Waals surface area contributed by atoms with E-state index in [9.17, 15) is 0 Å². The SMILES string of the molecule is CCOC1CC(N)(c2nc3c(s2)CCC3)C1. The first kappa shape index (κ1) is 10.7. The predicted molar refractivity (Wildman–Crippen MR) is 64.7 cm³/mol. The van der Waals surface area contributed by atoms with Crippen LogP contribution in [0.5, 0.6) is 0 Å². The van der Waals surface area contributed by atoms with Gasteiger partial charge in [-0.05, 0) is 39.0 Å². The number of hydrogen-bond donors (Lipinski definition) is 1. The first-order valence-corrected chi connectivity index (χ1v) is 6.92. The Balaban J connectivity index is 1.73. The van der Waals surface area contributed by atoms with Crippen molar-refractivity contribution in [3.63, 3.8) is 0 Å². The second-order valence-corrected chi connectivity index (χ2v) is 5.97. The average molecular weight is 238 g/mol. The summed E-state index contributed by atoms with van der Waals surface area (Å²) in [6, 6.07) is 0. The van der Waals surface area contributed by atoms with E-state index in [4.69, 9.17) is 15.5 Å². The number of fused-ring (bicyclic) bond motifs is 1. The summed E-state index contributed by atoms with van der Waals surface area (Å²) in [5.41, 5.74) is 7.50. The summed E-state index contributed by atoms with van der Waals surface area (Å²) in [6.45, 7) is 2.82. The summed E-state index contributed by atoms with van der Waals surface area (Å²) in [5, 5.41) is 1.15. The molecule has 1 aromatic heterocycles. The molecule has 2 N–H and O–H groups in total. The van der Waals surface area contributed by atoms with Crippen LogP contribution in [0.15, 0.2) is 0 Å². The van der Waals surface area contributed by atoms with Crippen LogP contribution >= 0.6 is 11.3 Å². The van der Waals surface area contributed by atoms with Crippen molar-refractivity contribution in [2.75, 3.05) is 6.61 Å². The summed E-state index contributed by atoms with van der Waals surface area (Å²) >= 11 is 1.83. The van der Waals surface area contributed by atoms with Gasteiger partial charge in [0.15, 0.2) is 0 Å². The molecule has 0 aliphatic heterocycles. The standard InChI is InChI=1S/C12H18N2OS/c1-2-15-8-6-12(13,7-8)11-14-9-4-3-5-10(9)16-11/h8H,2-7,13H2,1H3. The number of hydrogen-bond acceptors (Lipinski definition) is 4. The zero-order valence-corrected chi connectivity index (χ0v) is 10.5.